The Balaban J connectivity index is 1.78. The summed E-state index contributed by atoms with van der Waals surface area (Å²) >= 11 is 0. The molecule has 0 aliphatic heterocycles. The predicted octanol–water partition coefficient (Wildman–Crippen LogP) is 3.66. The number of amides is 1. The van der Waals surface area contributed by atoms with Crippen LogP contribution in [0.4, 0.5) is 10.1 Å². The molecule has 3 rings (SSSR count). The van der Waals surface area contributed by atoms with Crippen molar-refractivity contribution in [3.8, 4) is 11.4 Å². The van der Waals surface area contributed by atoms with Crippen LogP contribution in [0.3, 0.4) is 0 Å². The van der Waals surface area contributed by atoms with E-state index in [4.69, 9.17) is 4.74 Å². The maximum absolute atomic E-state index is 13.0. The summed E-state index contributed by atoms with van der Waals surface area (Å²) in [6.07, 6.45) is 3.05. The van der Waals surface area contributed by atoms with Gasteiger partial charge in [-0.1, -0.05) is 12.1 Å². The summed E-state index contributed by atoms with van der Waals surface area (Å²) in [6.45, 7) is 2.39. The highest BCUT2D eigenvalue weighted by molar-refractivity contribution is 6.04. The van der Waals surface area contributed by atoms with Gasteiger partial charge < -0.3 is 10.1 Å². The normalized spacial score (nSPS) is 10.4. The van der Waals surface area contributed by atoms with Crippen LogP contribution in [0.5, 0.6) is 5.75 Å². The molecular weight excluding hydrogens is 309 g/mol. The van der Waals surface area contributed by atoms with Gasteiger partial charge in [-0.3, -0.25) is 4.79 Å². The fraction of sp³-hybridized carbons (Fsp3) is 0.111. The van der Waals surface area contributed by atoms with Crippen LogP contribution in [0.25, 0.3) is 5.69 Å². The number of anilines is 1. The molecule has 6 heteroatoms. The quantitative estimate of drug-likeness (QED) is 0.779. The number of carbonyl (C=O) groups excluding carboxylic acids is 1. The van der Waals surface area contributed by atoms with Crippen molar-refractivity contribution in [3.05, 3.63) is 72.3 Å². The average molecular weight is 325 g/mol. The molecule has 2 aromatic carbocycles. The molecule has 1 amide bonds. The van der Waals surface area contributed by atoms with Crippen LogP contribution in [0, 0.1) is 5.82 Å². The molecule has 0 bridgehead atoms. The molecule has 1 N–H and O–H groups in total. The first kappa shape index (κ1) is 15.7. The van der Waals surface area contributed by atoms with Gasteiger partial charge in [0, 0.05) is 6.20 Å². The minimum atomic E-state index is -0.323. The highest BCUT2D eigenvalue weighted by Gasteiger charge is 2.12. The van der Waals surface area contributed by atoms with E-state index in [2.05, 4.69) is 10.4 Å². The molecule has 0 fully saturated rings. The van der Waals surface area contributed by atoms with Gasteiger partial charge in [-0.25, -0.2) is 9.07 Å². The average Bonchev–Trinajstić information content (AvgIpc) is 3.08. The summed E-state index contributed by atoms with van der Waals surface area (Å²) < 4.78 is 20.0. The SMILES string of the molecule is CCOc1ccccc1NC(=O)c1cnn(-c2ccc(F)cc2)c1. The molecule has 0 saturated carbocycles. The third-order valence-corrected chi connectivity index (χ3v) is 3.37. The lowest BCUT2D eigenvalue weighted by molar-refractivity contribution is 0.102. The highest BCUT2D eigenvalue weighted by atomic mass is 19.1. The van der Waals surface area contributed by atoms with Gasteiger partial charge >= 0.3 is 0 Å². The van der Waals surface area contributed by atoms with Gasteiger partial charge in [0.1, 0.15) is 11.6 Å². The Morgan fingerprint density at radius 2 is 1.96 bits per heavy atom. The third kappa shape index (κ3) is 3.43. The Morgan fingerprint density at radius 1 is 1.21 bits per heavy atom. The number of nitrogens with zero attached hydrogens (tertiary/aromatic N) is 2. The van der Waals surface area contributed by atoms with Gasteiger partial charge in [-0.2, -0.15) is 5.10 Å². The Kier molecular flexibility index (Phi) is 4.56. The molecule has 0 unspecified atom stereocenters. The summed E-state index contributed by atoms with van der Waals surface area (Å²) in [4.78, 5) is 12.4. The van der Waals surface area contributed by atoms with Gasteiger partial charge in [0.05, 0.1) is 29.7 Å². The molecule has 0 spiro atoms. The molecular formula is C18H16FN3O2. The number of hydrogen-bond acceptors (Lipinski definition) is 3. The second kappa shape index (κ2) is 6.95. The monoisotopic (exact) mass is 325 g/mol. The molecule has 1 aromatic heterocycles. The molecule has 122 valence electrons. The molecule has 1 heterocycles. The standard InChI is InChI=1S/C18H16FN3O2/c1-2-24-17-6-4-3-5-16(17)21-18(23)13-11-20-22(12-13)15-9-7-14(19)8-10-15/h3-12H,2H2,1H3,(H,21,23). The van der Waals surface area contributed by atoms with Crippen molar-refractivity contribution in [2.45, 2.75) is 6.92 Å². The van der Waals surface area contributed by atoms with E-state index in [1.807, 2.05) is 19.1 Å². The Labute approximate surface area is 138 Å². The van der Waals surface area contributed by atoms with Gasteiger partial charge in [0.15, 0.2) is 0 Å². The summed E-state index contributed by atoms with van der Waals surface area (Å²) in [5.41, 5.74) is 1.66. The largest absolute Gasteiger partial charge is 0.492 e. The smallest absolute Gasteiger partial charge is 0.258 e. The lowest BCUT2D eigenvalue weighted by Crippen LogP contribution is -2.12. The summed E-state index contributed by atoms with van der Waals surface area (Å²) in [5, 5.41) is 6.95. The summed E-state index contributed by atoms with van der Waals surface area (Å²) in [7, 11) is 0. The van der Waals surface area contributed by atoms with Crippen molar-refractivity contribution in [3.63, 3.8) is 0 Å². The number of ether oxygens (including phenoxy) is 1. The second-order valence-corrected chi connectivity index (χ2v) is 5.03. The van der Waals surface area contributed by atoms with E-state index in [-0.39, 0.29) is 11.7 Å². The van der Waals surface area contributed by atoms with E-state index in [1.54, 1.807) is 30.5 Å². The lowest BCUT2D eigenvalue weighted by atomic mass is 10.2. The Hall–Kier alpha value is -3.15. The first-order valence-corrected chi connectivity index (χ1v) is 7.51. The van der Waals surface area contributed by atoms with Crippen LogP contribution in [0.1, 0.15) is 17.3 Å². The molecule has 0 saturated heterocycles. The van der Waals surface area contributed by atoms with Crippen LogP contribution < -0.4 is 10.1 Å². The maximum atomic E-state index is 13.0. The lowest BCUT2D eigenvalue weighted by Gasteiger charge is -2.10. The number of hydrogen-bond donors (Lipinski definition) is 1. The third-order valence-electron chi connectivity index (χ3n) is 3.37. The van der Waals surface area contributed by atoms with Crippen LogP contribution in [-0.4, -0.2) is 22.3 Å². The highest BCUT2D eigenvalue weighted by Crippen LogP contribution is 2.24. The van der Waals surface area contributed by atoms with E-state index < -0.39 is 0 Å². The van der Waals surface area contributed by atoms with Crippen molar-refractivity contribution >= 4 is 11.6 Å². The van der Waals surface area contributed by atoms with E-state index in [9.17, 15) is 9.18 Å². The number of halogens is 1. The van der Waals surface area contributed by atoms with E-state index in [1.165, 1.54) is 23.0 Å². The van der Waals surface area contributed by atoms with Crippen molar-refractivity contribution in [1.82, 2.24) is 9.78 Å². The van der Waals surface area contributed by atoms with Gasteiger partial charge in [-0.05, 0) is 43.3 Å². The first-order valence-electron chi connectivity index (χ1n) is 7.51. The number of aromatic nitrogens is 2. The number of nitrogens with one attached hydrogen (secondary N) is 1. The number of benzene rings is 2. The fourth-order valence-electron chi connectivity index (χ4n) is 2.22. The molecule has 0 aliphatic carbocycles. The zero-order valence-corrected chi connectivity index (χ0v) is 13.1. The molecule has 0 aliphatic rings. The molecule has 24 heavy (non-hydrogen) atoms. The van der Waals surface area contributed by atoms with Crippen molar-refractivity contribution in [1.29, 1.82) is 0 Å². The topological polar surface area (TPSA) is 56.1 Å². The summed E-state index contributed by atoms with van der Waals surface area (Å²) in [6, 6.07) is 13.1. The van der Waals surface area contributed by atoms with Gasteiger partial charge in [0.2, 0.25) is 0 Å². The number of para-hydroxylation sites is 2. The molecule has 5 nitrogen and oxygen atoms in total. The van der Waals surface area contributed by atoms with Crippen molar-refractivity contribution < 1.29 is 13.9 Å². The predicted molar refractivity (Wildman–Crippen MR) is 89.1 cm³/mol. The van der Waals surface area contributed by atoms with Crippen molar-refractivity contribution in [2.75, 3.05) is 11.9 Å². The van der Waals surface area contributed by atoms with Crippen LogP contribution in [0.2, 0.25) is 0 Å². The minimum Gasteiger partial charge on any atom is -0.492 e. The van der Waals surface area contributed by atoms with Crippen LogP contribution >= 0.6 is 0 Å². The van der Waals surface area contributed by atoms with Gasteiger partial charge in [-0.15, -0.1) is 0 Å². The Bertz CT molecular complexity index is 843. The van der Waals surface area contributed by atoms with E-state index in [0.29, 0.717) is 29.3 Å². The van der Waals surface area contributed by atoms with Gasteiger partial charge in [0.25, 0.3) is 5.91 Å². The Morgan fingerprint density at radius 3 is 2.71 bits per heavy atom. The first-order chi connectivity index (χ1) is 11.7. The molecule has 0 atom stereocenters. The zero-order valence-electron chi connectivity index (χ0n) is 13.1. The minimum absolute atomic E-state index is 0.296. The zero-order chi connectivity index (χ0) is 16.9. The molecule has 3 aromatic rings. The maximum Gasteiger partial charge on any atom is 0.258 e. The molecule has 0 radical (unpaired) electrons. The number of carbonyl (C=O) groups is 1. The number of rotatable bonds is 5. The van der Waals surface area contributed by atoms with E-state index in [0.717, 1.165) is 0 Å². The second-order valence-electron chi connectivity index (χ2n) is 5.03. The fourth-order valence-corrected chi connectivity index (χ4v) is 2.22. The van der Waals surface area contributed by atoms with Crippen molar-refractivity contribution in [2.24, 2.45) is 0 Å². The van der Waals surface area contributed by atoms with Crippen LogP contribution in [0.15, 0.2) is 60.9 Å². The summed E-state index contributed by atoms with van der Waals surface area (Å²) in [5.74, 6) is -0.00815. The van der Waals surface area contributed by atoms with Crippen LogP contribution in [-0.2, 0) is 0 Å². The van der Waals surface area contributed by atoms with E-state index >= 15 is 0 Å².